The van der Waals surface area contributed by atoms with Gasteiger partial charge in [0.25, 0.3) is 0 Å². The molecule has 0 spiro atoms. The standard InChI is InChI=1S/C8H7BO6/c10-4-1-2-5-7(6(4)8(11)12)15-9(13)3-14-5/h1-2,10,13H,3H2,(H,11,12). The normalized spacial score (nSPS) is 13.8. The van der Waals surface area contributed by atoms with E-state index in [2.05, 4.69) is 0 Å². The van der Waals surface area contributed by atoms with Gasteiger partial charge in [-0.15, -0.1) is 0 Å². The van der Waals surface area contributed by atoms with Crippen molar-refractivity contribution < 1.29 is 29.4 Å². The average Bonchev–Trinajstić information content (AvgIpc) is 2.16. The van der Waals surface area contributed by atoms with Crippen LogP contribution in [0.4, 0.5) is 0 Å². The monoisotopic (exact) mass is 210 g/mol. The summed E-state index contributed by atoms with van der Waals surface area (Å²) in [5.74, 6) is -1.74. The SMILES string of the molecule is O=C(O)c1c(O)ccc2c1OB(O)CO2. The van der Waals surface area contributed by atoms with Crippen LogP contribution >= 0.6 is 0 Å². The molecule has 0 amide bonds. The zero-order chi connectivity index (χ0) is 11.0. The van der Waals surface area contributed by atoms with Gasteiger partial charge < -0.3 is 24.6 Å². The van der Waals surface area contributed by atoms with Gasteiger partial charge in [-0.25, -0.2) is 4.79 Å². The summed E-state index contributed by atoms with van der Waals surface area (Å²) in [4.78, 5) is 10.8. The number of phenols is 1. The number of fused-ring (bicyclic) bond motifs is 1. The minimum Gasteiger partial charge on any atom is -0.531 e. The molecule has 0 bridgehead atoms. The third-order valence-corrected chi connectivity index (χ3v) is 1.95. The Kier molecular flexibility index (Phi) is 2.16. The molecule has 3 N–H and O–H groups in total. The number of ether oxygens (including phenoxy) is 1. The van der Waals surface area contributed by atoms with E-state index in [4.69, 9.17) is 19.5 Å². The second-order valence-electron chi connectivity index (χ2n) is 2.98. The van der Waals surface area contributed by atoms with Crippen LogP contribution in [0.2, 0.25) is 0 Å². The maximum Gasteiger partial charge on any atom is 0.563 e. The highest BCUT2D eigenvalue weighted by atomic mass is 16.6. The van der Waals surface area contributed by atoms with E-state index >= 15 is 0 Å². The predicted octanol–water partition coefficient (Wildman–Crippen LogP) is -0.119. The molecule has 0 saturated carbocycles. The molecule has 0 aliphatic carbocycles. The summed E-state index contributed by atoms with van der Waals surface area (Å²) in [7, 11) is -1.22. The molecule has 1 aliphatic heterocycles. The lowest BCUT2D eigenvalue weighted by atomic mass is 9.91. The molecule has 1 aromatic carbocycles. The first-order valence-electron chi connectivity index (χ1n) is 4.16. The largest absolute Gasteiger partial charge is 0.563 e. The van der Waals surface area contributed by atoms with Gasteiger partial charge in [0.05, 0.1) is 0 Å². The van der Waals surface area contributed by atoms with E-state index in [1.807, 2.05) is 0 Å². The first kappa shape index (κ1) is 9.66. The van der Waals surface area contributed by atoms with Crippen LogP contribution in [0.1, 0.15) is 10.4 Å². The predicted molar refractivity (Wildman–Crippen MR) is 49.2 cm³/mol. The van der Waals surface area contributed by atoms with Crippen molar-refractivity contribution in [2.45, 2.75) is 0 Å². The lowest BCUT2D eigenvalue weighted by molar-refractivity contribution is 0.0689. The third-order valence-electron chi connectivity index (χ3n) is 1.95. The summed E-state index contributed by atoms with van der Waals surface area (Å²) in [5.41, 5.74) is -0.411. The zero-order valence-corrected chi connectivity index (χ0v) is 7.51. The number of carboxylic acids is 1. The van der Waals surface area contributed by atoms with Crippen molar-refractivity contribution in [2.24, 2.45) is 0 Å². The van der Waals surface area contributed by atoms with Gasteiger partial charge in [0, 0.05) is 0 Å². The summed E-state index contributed by atoms with van der Waals surface area (Å²) in [5, 5.41) is 27.3. The second kappa shape index (κ2) is 3.36. The van der Waals surface area contributed by atoms with Gasteiger partial charge in [-0.3, -0.25) is 0 Å². The molecule has 0 atom stereocenters. The summed E-state index contributed by atoms with van der Waals surface area (Å²) in [6.45, 7) is -0.0726. The van der Waals surface area contributed by atoms with Crippen LogP contribution in [0.25, 0.3) is 0 Å². The first-order chi connectivity index (χ1) is 7.09. The maximum absolute atomic E-state index is 10.8. The van der Waals surface area contributed by atoms with Gasteiger partial charge in [-0.1, -0.05) is 0 Å². The molecular formula is C8H7BO6. The van der Waals surface area contributed by atoms with E-state index in [0.717, 1.165) is 0 Å². The Labute approximate surface area is 84.8 Å². The van der Waals surface area contributed by atoms with Crippen LogP contribution in [0.5, 0.6) is 17.2 Å². The Balaban J connectivity index is 2.57. The molecule has 1 heterocycles. The van der Waals surface area contributed by atoms with Crippen molar-refractivity contribution in [1.82, 2.24) is 0 Å². The van der Waals surface area contributed by atoms with Crippen molar-refractivity contribution in [2.75, 3.05) is 6.51 Å². The molecule has 78 valence electrons. The molecule has 0 radical (unpaired) electrons. The topological polar surface area (TPSA) is 96.2 Å². The maximum atomic E-state index is 10.8. The molecule has 0 fully saturated rings. The van der Waals surface area contributed by atoms with E-state index in [9.17, 15) is 9.90 Å². The molecule has 0 aromatic heterocycles. The molecule has 1 aliphatic rings. The fraction of sp³-hybridized carbons (Fsp3) is 0.125. The summed E-state index contributed by atoms with van der Waals surface area (Å²) in [6.07, 6.45) is 0. The molecule has 7 heteroatoms. The van der Waals surface area contributed by atoms with Gasteiger partial charge in [0.15, 0.2) is 11.5 Å². The lowest BCUT2D eigenvalue weighted by Crippen LogP contribution is -2.34. The Morgan fingerprint density at radius 3 is 2.87 bits per heavy atom. The average molecular weight is 210 g/mol. The number of carbonyl (C=O) groups is 1. The molecule has 6 nitrogen and oxygen atoms in total. The molecule has 0 unspecified atom stereocenters. The van der Waals surface area contributed by atoms with Crippen molar-refractivity contribution >= 4 is 13.1 Å². The quantitative estimate of drug-likeness (QED) is 0.559. The number of rotatable bonds is 1. The number of carboxylic acid groups (broad SMARTS) is 1. The van der Waals surface area contributed by atoms with Crippen LogP contribution in [0.3, 0.4) is 0 Å². The molecule has 1 aromatic rings. The van der Waals surface area contributed by atoms with E-state index in [-0.39, 0.29) is 18.0 Å². The highest BCUT2D eigenvalue weighted by Gasteiger charge is 2.30. The fourth-order valence-corrected chi connectivity index (χ4v) is 1.32. The Morgan fingerprint density at radius 1 is 1.47 bits per heavy atom. The van der Waals surface area contributed by atoms with Crippen LogP contribution in [-0.4, -0.2) is 34.8 Å². The number of aromatic carboxylic acids is 1. The Hall–Kier alpha value is -1.89. The van der Waals surface area contributed by atoms with E-state index in [0.29, 0.717) is 0 Å². The Bertz CT molecular complexity index is 418. The number of benzene rings is 1. The van der Waals surface area contributed by atoms with Crippen LogP contribution in [0.15, 0.2) is 12.1 Å². The van der Waals surface area contributed by atoms with Gasteiger partial charge in [0.2, 0.25) is 0 Å². The van der Waals surface area contributed by atoms with Crippen LogP contribution < -0.4 is 9.39 Å². The molecular weight excluding hydrogens is 203 g/mol. The highest BCUT2D eigenvalue weighted by Crippen LogP contribution is 2.39. The second-order valence-corrected chi connectivity index (χ2v) is 2.98. The van der Waals surface area contributed by atoms with Gasteiger partial charge in [-0.05, 0) is 12.1 Å². The molecule has 2 rings (SSSR count). The van der Waals surface area contributed by atoms with E-state index < -0.39 is 24.4 Å². The minimum absolute atomic E-state index is 0.0726. The molecule has 0 saturated heterocycles. The lowest BCUT2D eigenvalue weighted by Gasteiger charge is -2.22. The number of aromatic hydroxyl groups is 1. The molecule has 15 heavy (non-hydrogen) atoms. The van der Waals surface area contributed by atoms with E-state index in [1.165, 1.54) is 12.1 Å². The van der Waals surface area contributed by atoms with Crippen LogP contribution in [0, 0.1) is 0 Å². The Morgan fingerprint density at radius 2 is 2.20 bits per heavy atom. The third kappa shape index (κ3) is 1.57. The highest BCUT2D eigenvalue weighted by molar-refractivity contribution is 6.44. The van der Waals surface area contributed by atoms with Gasteiger partial charge >= 0.3 is 13.1 Å². The minimum atomic E-state index is -1.35. The first-order valence-corrected chi connectivity index (χ1v) is 4.16. The smallest absolute Gasteiger partial charge is 0.531 e. The van der Waals surface area contributed by atoms with Gasteiger partial charge in [-0.2, -0.15) is 0 Å². The van der Waals surface area contributed by atoms with Gasteiger partial charge in [0.1, 0.15) is 17.8 Å². The fourth-order valence-electron chi connectivity index (χ4n) is 1.32. The number of hydrogen-bond acceptors (Lipinski definition) is 5. The summed E-state index contributed by atoms with van der Waals surface area (Å²) >= 11 is 0. The van der Waals surface area contributed by atoms with Crippen molar-refractivity contribution in [3.05, 3.63) is 17.7 Å². The van der Waals surface area contributed by atoms with Crippen molar-refractivity contribution in [1.29, 1.82) is 0 Å². The van der Waals surface area contributed by atoms with Crippen LogP contribution in [-0.2, 0) is 0 Å². The van der Waals surface area contributed by atoms with Crippen molar-refractivity contribution in [3.8, 4) is 17.2 Å². The summed E-state index contributed by atoms with van der Waals surface area (Å²) in [6, 6.07) is 2.58. The summed E-state index contributed by atoms with van der Waals surface area (Å²) < 4.78 is 9.93. The van der Waals surface area contributed by atoms with Crippen molar-refractivity contribution in [3.63, 3.8) is 0 Å². The number of hydrogen-bond donors (Lipinski definition) is 3. The zero-order valence-electron chi connectivity index (χ0n) is 7.51. The van der Waals surface area contributed by atoms with E-state index in [1.54, 1.807) is 0 Å².